The number of likely N-dealkylation sites (N-methyl/N-ethyl adjacent to an activating group) is 1. The zero-order valence-corrected chi connectivity index (χ0v) is 11.8. The molecule has 0 aliphatic rings. The molecular formula is C16H27N. The van der Waals surface area contributed by atoms with Crippen LogP contribution in [-0.4, -0.2) is 13.1 Å². The highest BCUT2D eigenvalue weighted by atomic mass is 14.9. The van der Waals surface area contributed by atoms with Gasteiger partial charge >= 0.3 is 0 Å². The van der Waals surface area contributed by atoms with Gasteiger partial charge in [0.2, 0.25) is 0 Å². The predicted molar refractivity (Wildman–Crippen MR) is 76.4 cm³/mol. The van der Waals surface area contributed by atoms with Gasteiger partial charge in [0.25, 0.3) is 0 Å². The Morgan fingerprint density at radius 2 is 1.76 bits per heavy atom. The summed E-state index contributed by atoms with van der Waals surface area (Å²) in [5.41, 5.74) is 1.78. The molecule has 0 aliphatic heterocycles. The fourth-order valence-electron chi connectivity index (χ4n) is 2.70. The number of hydrogen-bond acceptors (Lipinski definition) is 1. The van der Waals surface area contributed by atoms with Crippen molar-refractivity contribution >= 4 is 0 Å². The molecule has 1 aromatic rings. The maximum absolute atomic E-state index is 3.54. The summed E-state index contributed by atoms with van der Waals surface area (Å²) in [6, 6.07) is 11.0. The third-order valence-corrected chi connectivity index (χ3v) is 3.58. The highest BCUT2D eigenvalue weighted by Gasteiger charge is 2.30. The molecule has 0 saturated heterocycles. The van der Waals surface area contributed by atoms with Crippen molar-refractivity contribution in [3.05, 3.63) is 35.9 Å². The molecule has 0 heterocycles. The summed E-state index contributed by atoms with van der Waals surface area (Å²) in [6.07, 6.45) is 2.45. The van der Waals surface area contributed by atoms with E-state index < -0.39 is 0 Å². The molecule has 1 atom stereocenters. The summed E-state index contributed by atoms with van der Waals surface area (Å²) >= 11 is 0. The topological polar surface area (TPSA) is 12.0 Å². The van der Waals surface area contributed by atoms with Crippen LogP contribution in [0.2, 0.25) is 0 Å². The second-order valence-electron chi connectivity index (χ2n) is 5.38. The molecule has 0 aliphatic carbocycles. The van der Waals surface area contributed by atoms with Crippen LogP contribution in [0.3, 0.4) is 0 Å². The first-order valence-electron chi connectivity index (χ1n) is 6.91. The average molecular weight is 233 g/mol. The molecule has 0 spiro atoms. The highest BCUT2D eigenvalue weighted by molar-refractivity contribution is 5.26. The van der Waals surface area contributed by atoms with Gasteiger partial charge in [-0.3, -0.25) is 0 Å². The Morgan fingerprint density at radius 1 is 1.12 bits per heavy atom. The van der Waals surface area contributed by atoms with Gasteiger partial charge in [-0.25, -0.2) is 0 Å². The van der Waals surface area contributed by atoms with Crippen LogP contribution >= 0.6 is 0 Å². The van der Waals surface area contributed by atoms with Crippen molar-refractivity contribution in [1.82, 2.24) is 5.32 Å². The lowest BCUT2D eigenvalue weighted by atomic mass is 9.72. The van der Waals surface area contributed by atoms with Crippen LogP contribution in [0.1, 0.15) is 46.1 Å². The summed E-state index contributed by atoms with van der Waals surface area (Å²) in [4.78, 5) is 0. The fourth-order valence-corrected chi connectivity index (χ4v) is 2.70. The van der Waals surface area contributed by atoms with Crippen LogP contribution in [-0.2, 0) is 5.41 Å². The Kier molecular flexibility index (Phi) is 5.70. The zero-order valence-electron chi connectivity index (χ0n) is 11.8. The zero-order chi connectivity index (χ0) is 12.7. The van der Waals surface area contributed by atoms with E-state index in [-0.39, 0.29) is 0 Å². The fraction of sp³-hybridized carbons (Fsp3) is 0.625. The van der Waals surface area contributed by atoms with Gasteiger partial charge in [-0.1, -0.05) is 58.0 Å². The van der Waals surface area contributed by atoms with Crippen LogP contribution in [0, 0.1) is 5.92 Å². The number of hydrogen-bond donors (Lipinski definition) is 1. The third-order valence-electron chi connectivity index (χ3n) is 3.58. The Hall–Kier alpha value is -0.820. The molecule has 1 N–H and O–H groups in total. The van der Waals surface area contributed by atoms with Crippen LogP contribution in [0.25, 0.3) is 0 Å². The molecule has 96 valence electrons. The third kappa shape index (κ3) is 3.85. The summed E-state index contributed by atoms with van der Waals surface area (Å²) in [5.74, 6) is 0.730. The molecule has 0 radical (unpaired) electrons. The molecule has 17 heavy (non-hydrogen) atoms. The summed E-state index contributed by atoms with van der Waals surface area (Å²) in [6.45, 7) is 11.3. The van der Waals surface area contributed by atoms with Gasteiger partial charge in [-0.2, -0.15) is 0 Å². The van der Waals surface area contributed by atoms with E-state index in [1.165, 1.54) is 18.4 Å². The molecule has 0 amide bonds. The van der Waals surface area contributed by atoms with Crippen molar-refractivity contribution in [1.29, 1.82) is 0 Å². The minimum atomic E-state index is 0.297. The van der Waals surface area contributed by atoms with Gasteiger partial charge < -0.3 is 5.32 Å². The number of rotatable bonds is 7. The van der Waals surface area contributed by atoms with Gasteiger partial charge in [0.05, 0.1) is 0 Å². The van der Waals surface area contributed by atoms with Crippen molar-refractivity contribution in [2.45, 2.75) is 46.0 Å². The van der Waals surface area contributed by atoms with Crippen molar-refractivity contribution in [3.8, 4) is 0 Å². The van der Waals surface area contributed by atoms with Crippen LogP contribution in [0.15, 0.2) is 30.3 Å². The minimum Gasteiger partial charge on any atom is -0.316 e. The molecular weight excluding hydrogens is 206 g/mol. The van der Waals surface area contributed by atoms with E-state index in [1.807, 2.05) is 0 Å². The van der Waals surface area contributed by atoms with Crippen LogP contribution < -0.4 is 5.32 Å². The van der Waals surface area contributed by atoms with Gasteiger partial charge in [-0.05, 0) is 30.9 Å². The first-order valence-corrected chi connectivity index (χ1v) is 6.91. The first kappa shape index (κ1) is 14.2. The number of benzene rings is 1. The van der Waals surface area contributed by atoms with Crippen LogP contribution in [0.4, 0.5) is 0 Å². The van der Waals surface area contributed by atoms with Gasteiger partial charge in [-0.15, -0.1) is 0 Å². The monoisotopic (exact) mass is 233 g/mol. The van der Waals surface area contributed by atoms with Crippen molar-refractivity contribution in [2.75, 3.05) is 13.1 Å². The maximum Gasteiger partial charge on any atom is 0.00775 e. The minimum absolute atomic E-state index is 0.297. The van der Waals surface area contributed by atoms with Crippen molar-refractivity contribution in [2.24, 2.45) is 5.92 Å². The lowest BCUT2D eigenvalue weighted by Gasteiger charge is -2.35. The van der Waals surface area contributed by atoms with Crippen molar-refractivity contribution in [3.63, 3.8) is 0 Å². The van der Waals surface area contributed by atoms with E-state index in [2.05, 4.69) is 63.3 Å². The quantitative estimate of drug-likeness (QED) is 0.751. The predicted octanol–water partition coefficient (Wildman–Crippen LogP) is 3.99. The molecule has 0 bridgehead atoms. The van der Waals surface area contributed by atoms with E-state index in [0.717, 1.165) is 19.0 Å². The molecule has 0 saturated carbocycles. The summed E-state index contributed by atoms with van der Waals surface area (Å²) < 4.78 is 0. The smallest absolute Gasteiger partial charge is 0.00775 e. The van der Waals surface area contributed by atoms with E-state index >= 15 is 0 Å². The van der Waals surface area contributed by atoms with Crippen molar-refractivity contribution < 1.29 is 0 Å². The van der Waals surface area contributed by atoms with E-state index in [9.17, 15) is 0 Å². The average Bonchev–Trinajstić information content (AvgIpc) is 2.35. The SMILES string of the molecule is CCNCC(CC)(CC(C)C)c1ccccc1. The first-order chi connectivity index (χ1) is 8.14. The number of nitrogens with one attached hydrogen (secondary N) is 1. The largest absolute Gasteiger partial charge is 0.316 e. The molecule has 1 rings (SSSR count). The second kappa shape index (κ2) is 6.80. The summed E-state index contributed by atoms with van der Waals surface area (Å²) in [7, 11) is 0. The van der Waals surface area contributed by atoms with E-state index in [1.54, 1.807) is 0 Å². The normalized spacial score (nSPS) is 14.9. The second-order valence-corrected chi connectivity index (χ2v) is 5.38. The standard InChI is InChI=1S/C16H27N/c1-5-16(12-14(3)4,13-17-6-2)15-10-8-7-9-11-15/h7-11,14,17H,5-6,12-13H2,1-4H3. The lowest BCUT2D eigenvalue weighted by Crippen LogP contribution is -2.39. The maximum atomic E-state index is 3.54. The Morgan fingerprint density at radius 3 is 2.24 bits per heavy atom. The molecule has 0 aromatic heterocycles. The van der Waals surface area contributed by atoms with Gasteiger partial charge in [0.1, 0.15) is 0 Å². The van der Waals surface area contributed by atoms with E-state index in [0.29, 0.717) is 5.41 Å². The highest BCUT2D eigenvalue weighted by Crippen LogP contribution is 2.34. The molecule has 1 aromatic carbocycles. The van der Waals surface area contributed by atoms with Gasteiger partial charge in [0, 0.05) is 12.0 Å². The molecule has 1 nitrogen and oxygen atoms in total. The van der Waals surface area contributed by atoms with E-state index in [4.69, 9.17) is 0 Å². The summed E-state index contributed by atoms with van der Waals surface area (Å²) in [5, 5.41) is 3.54. The molecule has 1 unspecified atom stereocenters. The lowest BCUT2D eigenvalue weighted by molar-refractivity contribution is 0.313. The molecule has 0 fully saturated rings. The Labute approximate surface area is 107 Å². The molecule has 1 heteroatoms. The Bertz CT molecular complexity index is 305. The van der Waals surface area contributed by atoms with Gasteiger partial charge in [0.15, 0.2) is 0 Å². The Balaban J connectivity index is 2.97. The van der Waals surface area contributed by atoms with Crippen LogP contribution in [0.5, 0.6) is 0 Å².